The topological polar surface area (TPSA) is 86.7 Å². The second-order valence-electron chi connectivity index (χ2n) is 3.46. The Balaban J connectivity index is 2.63. The van der Waals surface area contributed by atoms with E-state index in [4.69, 9.17) is 5.11 Å². The van der Waals surface area contributed by atoms with Gasteiger partial charge in [-0.25, -0.2) is 0 Å². The van der Waals surface area contributed by atoms with Crippen LogP contribution in [0.15, 0.2) is 0 Å². The molecule has 1 heterocycles. The molecule has 6 heteroatoms. The van der Waals surface area contributed by atoms with Crippen LogP contribution in [0.5, 0.6) is 0 Å². The Morgan fingerprint density at radius 2 is 2.27 bits per heavy atom. The number of imide groups is 1. The summed E-state index contributed by atoms with van der Waals surface area (Å²) in [6, 6.07) is -1.52. The molecule has 1 aliphatic rings. The Morgan fingerprint density at radius 3 is 2.67 bits per heavy atom. The molecular weight excluding hydrogens is 200 g/mol. The Kier molecular flexibility index (Phi) is 3.41. The van der Waals surface area contributed by atoms with Gasteiger partial charge in [-0.1, -0.05) is 0 Å². The summed E-state index contributed by atoms with van der Waals surface area (Å²) in [5.41, 5.74) is 0. The minimum absolute atomic E-state index is 0.0459. The normalized spacial score (nSPS) is 23.3. The van der Waals surface area contributed by atoms with Crippen LogP contribution in [-0.4, -0.2) is 46.4 Å². The van der Waals surface area contributed by atoms with Crippen molar-refractivity contribution in [1.29, 1.82) is 0 Å². The van der Waals surface area contributed by atoms with E-state index in [1.165, 1.54) is 6.92 Å². The van der Waals surface area contributed by atoms with Gasteiger partial charge in [0, 0.05) is 6.54 Å². The molecule has 0 aromatic heterocycles. The van der Waals surface area contributed by atoms with Crippen LogP contribution in [0, 0.1) is 0 Å². The zero-order chi connectivity index (χ0) is 11.6. The van der Waals surface area contributed by atoms with E-state index in [1.807, 2.05) is 0 Å². The lowest BCUT2D eigenvalue weighted by Gasteiger charge is -2.15. The van der Waals surface area contributed by atoms with Crippen LogP contribution in [-0.2, 0) is 14.4 Å². The van der Waals surface area contributed by atoms with E-state index in [0.29, 0.717) is 6.54 Å². The first-order chi connectivity index (χ1) is 6.97. The van der Waals surface area contributed by atoms with Crippen molar-refractivity contribution < 1.29 is 19.5 Å². The Labute approximate surface area is 87.2 Å². The van der Waals surface area contributed by atoms with Crippen molar-refractivity contribution >= 4 is 17.8 Å². The first kappa shape index (κ1) is 11.6. The molecule has 2 atom stereocenters. The molecule has 84 valence electrons. The van der Waals surface area contributed by atoms with E-state index in [2.05, 4.69) is 5.32 Å². The number of nitrogens with one attached hydrogen (secondary N) is 1. The highest BCUT2D eigenvalue weighted by Crippen LogP contribution is 2.12. The number of hydrogen-bond acceptors (Lipinski definition) is 4. The van der Waals surface area contributed by atoms with Gasteiger partial charge in [0.25, 0.3) is 0 Å². The summed E-state index contributed by atoms with van der Waals surface area (Å²) < 4.78 is 0. The van der Waals surface area contributed by atoms with Gasteiger partial charge in [0.1, 0.15) is 6.04 Å². The second-order valence-corrected chi connectivity index (χ2v) is 3.46. The fraction of sp³-hybridized carbons (Fsp3) is 0.667. The lowest BCUT2D eigenvalue weighted by atomic mass is 10.2. The number of rotatable bonds is 4. The minimum Gasteiger partial charge on any atom is -0.480 e. The highest BCUT2D eigenvalue weighted by Gasteiger charge is 2.38. The smallest absolute Gasteiger partial charge is 0.320 e. The number of amides is 2. The molecule has 15 heavy (non-hydrogen) atoms. The monoisotopic (exact) mass is 214 g/mol. The number of hydrogen-bond donors (Lipinski definition) is 2. The van der Waals surface area contributed by atoms with Gasteiger partial charge in [-0.2, -0.15) is 0 Å². The number of carboxylic acids is 1. The van der Waals surface area contributed by atoms with Gasteiger partial charge in [0.15, 0.2) is 0 Å². The molecule has 2 amide bonds. The average molecular weight is 214 g/mol. The van der Waals surface area contributed by atoms with Crippen molar-refractivity contribution in [2.45, 2.75) is 32.4 Å². The van der Waals surface area contributed by atoms with Crippen LogP contribution in [0.4, 0.5) is 0 Å². The molecule has 6 nitrogen and oxygen atoms in total. The maximum Gasteiger partial charge on any atom is 0.320 e. The molecule has 1 fully saturated rings. The van der Waals surface area contributed by atoms with Crippen molar-refractivity contribution in [3.63, 3.8) is 0 Å². The summed E-state index contributed by atoms with van der Waals surface area (Å²) in [5.74, 6) is -1.63. The highest BCUT2D eigenvalue weighted by atomic mass is 16.4. The molecular formula is C9H14N2O4. The highest BCUT2D eigenvalue weighted by molar-refractivity contribution is 6.05. The molecule has 0 bridgehead atoms. The lowest BCUT2D eigenvalue weighted by molar-refractivity contribution is -0.139. The van der Waals surface area contributed by atoms with Gasteiger partial charge in [-0.15, -0.1) is 0 Å². The van der Waals surface area contributed by atoms with Crippen LogP contribution >= 0.6 is 0 Å². The van der Waals surface area contributed by atoms with Gasteiger partial charge in [-0.05, 0) is 13.8 Å². The number of likely N-dealkylation sites (tertiary alicyclic amines) is 1. The van der Waals surface area contributed by atoms with Crippen LogP contribution < -0.4 is 5.32 Å². The van der Waals surface area contributed by atoms with Crippen molar-refractivity contribution in [3.8, 4) is 0 Å². The second kappa shape index (κ2) is 4.39. The fourth-order valence-corrected chi connectivity index (χ4v) is 1.52. The first-order valence-corrected chi connectivity index (χ1v) is 4.80. The molecule has 0 saturated carbocycles. The molecule has 2 unspecified atom stereocenters. The Hall–Kier alpha value is -1.43. The number of carbonyl (C=O) groups excluding carboxylic acids is 2. The average Bonchev–Trinajstić information content (AvgIpc) is 2.41. The third kappa shape index (κ3) is 2.33. The number of carboxylic acid groups (broad SMARTS) is 1. The van der Waals surface area contributed by atoms with Crippen LogP contribution in [0.1, 0.15) is 20.3 Å². The van der Waals surface area contributed by atoms with E-state index < -0.39 is 18.1 Å². The maximum absolute atomic E-state index is 11.6. The third-order valence-electron chi connectivity index (χ3n) is 2.38. The maximum atomic E-state index is 11.6. The predicted octanol–water partition coefficient (Wildman–Crippen LogP) is -0.803. The molecule has 1 rings (SSSR count). The molecule has 0 aliphatic carbocycles. The number of aliphatic carboxylic acids is 1. The van der Waals surface area contributed by atoms with Crippen molar-refractivity contribution in [3.05, 3.63) is 0 Å². The van der Waals surface area contributed by atoms with Gasteiger partial charge in [-0.3, -0.25) is 24.6 Å². The Morgan fingerprint density at radius 1 is 1.67 bits per heavy atom. The zero-order valence-electron chi connectivity index (χ0n) is 8.69. The van der Waals surface area contributed by atoms with E-state index in [9.17, 15) is 14.4 Å². The van der Waals surface area contributed by atoms with Crippen molar-refractivity contribution in [2.24, 2.45) is 0 Å². The molecule has 0 aromatic rings. The number of likely N-dealkylation sites (N-methyl/N-ethyl adjacent to an activating group) is 1. The Bertz CT molecular complexity index is 302. The molecule has 1 aliphatic heterocycles. The van der Waals surface area contributed by atoms with Gasteiger partial charge < -0.3 is 5.11 Å². The summed E-state index contributed by atoms with van der Waals surface area (Å²) in [6.07, 6.45) is 0.0459. The largest absolute Gasteiger partial charge is 0.480 e. The molecule has 0 radical (unpaired) electrons. The zero-order valence-corrected chi connectivity index (χ0v) is 8.69. The van der Waals surface area contributed by atoms with Crippen LogP contribution in [0.25, 0.3) is 0 Å². The van der Waals surface area contributed by atoms with E-state index >= 15 is 0 Å². The summed E-state index contributed by atoms with van der Waals surface area (Å²) in [4.78, 5) is 34.5. The van der Waals surface area contributed by atoms with E-state index in [1.54, 1.807) is 6.92 Å². The van der Waals surface area contributed by atoms with Gasteiger partial charge in [0.05, 0.1) is 12.5 Å². The van der Waals surface area contributed by atoms with E-state index in [-0.39, 0.29) is 18.2 Å². The van der Waals surface area contributed by atoms with E-state index in [0.717, 1.165) is 4.90 Å². The van der Waals surface area contributed by atoms with Crippen LogP contribution in [0.2, 0.25) is 0 Å². The van der Waals surface area contributed by atoms with Gasteiger partial charge in [0.2, 0.25) is 11.8 Å². The van der Waals surface area contributed by atoms with Crippen molar-refractivity contribution in [1.82, 2.24) is 10.2 Å². The predicted molar refractivity (Wildman–Crippen MR) is 51.0 cm³/mol. The number of nitrogens with zero attached hydrogens (tertiary/aromatic N) is 1. The van der Waals surface area contributed by atoms with Crippen molar-refractivity contribution in [2.75, 3.05) is 6.54 Å². The number of carbonyl (C=O) groups is 3. The molecule has 0 aromatic carbocycles. The summed E-state index contributed by atoms with van der Waals surface area (Å²) >= 11 is 0. The molecule has 0 spiro atoms. The molecule has 2 N–H and O–H groups in total. The quantitative estimate of drug-likeness (QED) is 0.598. The summed E-state index contributed by atoms with van der Waals surface area (Å²) in [6.45, 7) is 3.48. The lowest BCUT2D eigenvalue weighted by Crippen LogP contribution is -2.45. The summed E-state index contributed by atoms with van der Waals surface area (Å²) in [7, 11) is 0. The molecule has 1 saturated heterocycles. The fourth-order valence-electron chi connectivity index (χ4n) is 1.52. The first-order valence-electron chi connectivity index (χ1n) is 4.80. The van der Waals surface area contributed by atoms with Gasteiger partial charge >= 0.3 is 5.97 Å². The third-order valence-corrected chi connectivity index (χ3v) is 2.38. The minimum atomic E-state index is -1.04. The standard InChI is InChI=1S/C9H14N2O4/c1-3-11-7(12)4-6(8(11)13)10-5(2)9(14)15/h5-6,10H,3-4H2,1-2H3,(H,14,15). The SMILES string of the molecule is CCN1C(=O)CC(NC(C)C(=O)O)C1=O. The summed E-state index contributed by atoms with van der Waals surface area (Å²) in [5, 5.41) is 11.3. The van der Waals surface area contributed by atoms with Crippen LogP contribution in [0.3, 0.4) is 0 Å².